The molecule has 0 radical (unpaired) electrons. The first-order chi connectivity index (χ1) is 9.52. The molecule has 20 heavy (non-hydrogen) atoms. The molecule has 0 unspecified atom stereocenters. The number of halogens is 2. The number of nitrogens with two attached hydrogens (primary N) is 1. The number of alkyl halides is 1. The van der Waals surface area contributed by atoms with Crippen molar-refractivity contribution in [2.45, 2.75) is 24.6 Å². The molecule has 7 nitrogen and oxygen atoms in total. The second kappa shape index (κ2) is 4.81. The van der Waals surface area contributed by atoms with Crippen LogP contribution in [0.2, 0.25) is 5.28 Å². The zero-order valence-electron chi connectivity index (χ0n) is 10.1. The lowest BCUT2D eigenvalue weighted by Crippen LogP contribution is -2.30. The molecule has 2 aromatic rings. The van der Waals surface area contributed by atoms with E-state index >= 15 is 0 Å². The van der Waals surface area contributed by atoms with Crippen molar-refractivity contribution in [1.29, 1.82) is 0 Å². The first-order valence-corrected chi connectivity index (χ1v) is 6.28. The summed E-state index contributed by atoms with van der Waals surface area (Å²) in [6.45, 7) is -0.477. The highest BCUT2D eigenvalue weighted by Crippen LogP contribution is 2.34. The van der Waals surface area contributed by atoms with Crippen molar-refractivity contribution in [3.8, 4) is 0 Å². The van der Waals surface area contributed by atoms with Crippen molar-refractivity contribution in [2.75, 3.05) is 12.3 Å². The average molecular weight is 303 g/mol. The molecule has 3 heterocycles. The van der Waals surface area contributed by atoms with E-state index in [9.17, 15) is 9.50 Å². The van der Waals surface area contributed by atoms with Crippen LogP contribution in [0, 0.1) is 0 Å². The highest BCUT2D eigenvalue weighted by atomic mass is 35.5. The maximum absolute atomic E-state index is 14.1. The van der Waals surface area contributed by atoms with E-state index in [1.807, 2.05) is 0 Å². The Bertz CT molecular complexity index is 652. The van der Waals surface area contributed by atoms with Gasteiger partial charge in [0.15, 0.2) is 12.4 Å². The minimum Gasteiger partial charge on any atom is -0.394 e. The Morgan fingerprint density at radius 1 is 1.50 bits per heavy atom. The van der Waals surface area contributed by atoms with Crippen LogP contribution in [0.1, 0.15) is 6.23 Å². The molecule has 4 N–H and O–H groups in total. The van der Waals surface area contributed by atoms with E-state index in [1.165, 1.54) is 10.8 Å². The highest BCUT2D eigenvalue weighted by molar-refractivity contribution is 6.28. The van der Waals surface area contributed by atoms with Gasteiger partial charge < -0.3 is 25.3 Å². The van der Waals surface area contributed by atoms with Crippen LogP contribution >= 0.6 is 11.6 Å². The summed E-state index contributed by atoms with van der Waals surface area (Å²) in [5, 5.41) is 19.1. The van der Waals surface area contributed by atoms with Gasteiger partial charge in [-0.3, -0.25) is 0 Å². The van der Waals surface area contributed by atoms with Gasteiger partial charge in [0.25, 0.3) is 0 Å². The maximum atomic E-state index is 14.1. The SMILES string of the molecule is Nc1nc(Cl)nc2c1ccn2[C@@H]1O[C@H](CO)[C@@H](O)[C@@H]1F. The molecule has 2 aromatic heterocycles. The van der Waals surface area contributed by atoms with Gasteiger partial charge in [0.1, 0.15) is 23.7 Å². The number of aliphatic hydroxyl groups is 2. The van der Waals surface area contributed by atoms with Crippen molar-refractivity contribution >= 4 is 28.5 Å². The number of nitrogen functional groups attached to an aromatic ring is 1. The molecule has 0 saturated carbocycles. The third-order valence-electron chi connectivity index (χ3n) is 3.32. The summed E-state index contributed by atoms with van der Waals surface area (Å²) in [6.07, 6.45) is -3.67. The van der Waals surface area contributed by atoms with Crippen LogP contribution in [-0.2, 0) is 4.74 Å². The van der Waals surface area contributed by atoms with Gasteiger partial charge in [-0.05, 0) is 17.7 Å². The van der Waals surface area contributed by atoms with Crippen LogP contribution < -0.4 is 5.73 Å². The van der Waals surface area contributed by atoms with E-state index in [-0.39, 0.29) is 11.1 Å². The van der Waals surface area contributed by atoms with Gasteiger partial charge >= 0.3 is 0 Å². The fraction of sp³-hybridized carbons (Fsp3) is 0.455. The predicted molar refractivity (Wildman–Crippen MR) is 68.8 cm³/mol. The molecule has 0 amide bonds. The number of aliphatic hydroxyl groups excluding tert-OH is 2. The van der Waals surface area contributed by atoms with Crippen LogP contribution in [0.25, 0.3) is 11.0 Å². The zero-order chi connectivity index (χ0) is 14.4. The molecule has 0 aromatic carbocycles. The van der Waals surface area contributed by atoms with Crippen LogP contribution in [0.4, 0.5) is 10.2 Å². The molecule has 1 aliphatic heterocycles. The first-order valence-electron chi connectivity index (χ1n) is 5.91. The van der Waals surface area contributed by atoms with Crippen molar-refractivity contribution in [3.05, 3.63) is 17.5 Å². The molecular weight excluding hydrogens is 291 g/mol. The number of ether oxygens (including phenoxy) is 1. The van der Waals surface area contributed by atoms with E-state index in [0.29, 0.717) is 11.0 Å². The Morgan fingerprint density at radius 3 is 2.90 bits per heavy atom. The Balaban J connectivity index is 2.07. The molecule has 9 heteroatoms. The summed E-state index contributed by atoms with van der Waals surface area (Å²) in [4.78, 5) is 7.80. The van der Waals surface area contributed by atoms with Gasteiger partial charge in [0, 0.05) is 6.20 Å². The van der Waals surface area contributed by atoms with E-state index in [1.54, 1.807) is 6.07 Å². The number of anilines is 1. The molecule has 1 saturated heterocycles. The van der Waals surface area contributed by atoms with Gasteiger partial charge in [-0.1, -0.05) is 0 Å². The molecule has 1 fully saturated rings. The Labute approximate surface area is 117 Å². The third kappa shape index (κ3) is 1.92. The molecule has 108 valence electrons. The van der Waals surface area contributed by atoms with Gasteiger partial charge in [0.05, 0.1) is 12.0 Å². The number of rotatable bonds is 2. The molecule has 0 aliphatic carbocycles. The first kappa shape index (κ1) is 13.5. The molecule has 0 bridgehead atoms. The lowest BCUT2D eigenvalue weighted by Gasteiger charge is -2.16. The topological polar surface area (TPSA) is 106 Å². The standard InChI is InChI=1S/C11H12ClFN4O3/c12-11-15-8(14)4-1-2-17(9(4)16-11)10-6(13)7(19)5(3-18)20-10/h1-2,5-7,10,18-19H,3H2,(H2,14,15,16)/t5-,6+,7-,10-/m1/s1. The molecule has 1 aliphatic rings. The number of hydrogen-bond acceptors (Lipinski definition) is 6. The largest absolute Gasteiger partial charge is 0.394 e. The summed E-state index contributed by atoms with van der Waals surface area (Å²) in [5.74, 6) is 0.173. The maximum Gasteiger partial charge on any atom is 0.226 e. The van der Waals surface area contributed by atoms with Crippen LogP contribution in [0.15, 0.2) is 12.3 Å². The lowest BCUT2D eigenvalue weighted by atomic mass is 10.1. The monoisotopic (exact) mass is 302 g/mol. The number of hydrogen-bond donors (Lipinski definition) is 3. The van der Waals surface area contributed by atoms with Crippen molar-refractivity contribution in [2.24, 2.45) is 0 Å². The minimum atomic E-state index is -1.70. The fourth-order valence-electron chi connectivity index (χ4n) is 2.31. The quantitative estimate of drug-likeness (QED) is 0.687. The summed E-state index contributed by atoms with van der Waals surface area (Å²) in [7, 11) is 0. The Hall–Kier alpha value is -1.48. The van der Waals surface area contributed by atoms with E-state index < -0.39 is 31.2 Å². The number of aromatic nitrogens is 3. The molecule has 0 spiro atoms. The van der Waals surface area contributed by atoms with Gasteiger partial charge in [-0.2, -0.15) is 4.98 Å². The second-order valence-electron chi connectivity index (χ2n) is 4.52. The molecule has 3 rings (SSSR count). The van der Waals surface area contributed by atoms with Gasteiger partial charge in [-0.25, -0.2) is 9.37 Å². The van der Waals surface area contributed by atoms with Crippen LogP contribution in [-0.4, -0.2) is 49.7 Å². The normalized spacial score (nSPS) is 30.2. The minimum absolute atomic E-state index is 0.0670. The van der Waals surface area contributed by atoms with Gasteiger partial charge in [-0.15, -0.1) is 0 Å². The third-order valence-corrected chi connectivity index (χ3v) is 3.49. The van der Waals surface area contributed by atoms with Crippen molar-refractivity contribution in [3.63, 3.8) is 0 Å². The number of fused-ring (bicyclic) bond motifs is 1. The number of nitrogens with zero attached hydrogens (tertiary/aromatic N) is 3. The van der Waals surface area contributed by atoms with Gasteiger partial charge in [0.2, 0.25) is 5.28 Å². The average Bonchev–Trinajstić information content (AvgIpc) is 2.93. The smallest absolute Gasteiger partial charge is 0.226 e. The van der Waals surface area contributed by atoms with Crippen molar-refractivity contribution < 1.29 is 19.3 Å². The zero-order valence-corrected chi connectivity index (χ0v) is 10.9. The Kier molecular flexibility index (Phi) is 3.25. The van der Waals surface area contributed by atoms with E-state index in [2.05, 4.69) is 9.97 Å². The second-order valence-corrected chi connectivity index (χ2v) is 4.86. The Morgan fingerprint density at radius 2 is 2.25 bits per heavy atom. The molecule has 4 atom stereocenters. The van der Waals surface area contributed by atoms with Crippen LogP contribution in [0.3, 0.4) is 0 Å². The predicted octanol–water partition coefficient (Wildman–Crippen LogP) is 0.256. The summed E-state index contributed by atoms with van der Waals surface area (Å²) in [6, 6.07) is 1.61. The fourth-order valence-corrected chi connectivity index (χ4v) is 2.48. The summed E-state index contributed by atoms with van der Waals surface area (Å²) >= 11 is 5.74. The van der Waals surface area contributed by atoms with Crippen molar-refractivity contribution in [1.82, 2.24) is 14.5 Å². The molecular formula is C11H12ClFN4O3. The van der Waals surface area contributed by atoms with Crippen LogP contribution in [0.5, 0.6) is 0 Å². The summed E-state index contributed by atoms with van der Waals surface area (Å²) in [5.41, 5.74) is 6.02. The lowest BCUT2D eigenvalue weighted by molar-refractivity contribution is -0.0457. The van der Waals surface area contributed by atoms with E-state index in [0.717, 1.165) is 0 Å². The van der Waals surface area contributed by atoms with E-state index in [4.69, 9.17) is 27.2 Å². The highest BCUT2D eigenvalue weighted by Gasteiger charge is 2.45. The summed E-state index contributed by atoms with van der Waals surface area (Å²) < 4.78 is 20.8.